The third-order valence-corrected chi connectivity index (χ3v) is 5.02. The van der Waals surface area contributed by atoms with Crippen molar-refractivity contribution in [3.8, 4) is 5.75 Å². The number of carbonyl (C=O) groups excluding carboxylic acids is 1. The molecule has 0 spiro atoms. The van der Waals surface area contributed by atoms with Crippen molar-refractivity contribution >= 4 is 44.8 Å². The summed E-state index contributed by atoms with van der Waals surface area (Å²) in [5, 5.41) is 6.59. The Morgan fingerprint density at radius 2 is 2.15 bits per heavy atom. The highest BCUT2D eigenvalue weighted by Crippen LogP contribution is 2.29. The number of amides is 1. The van der Waals surface area contributed by atoms with Gasteiger partial charge in [0, 0.05) is 21.8 Å². The zero-order chi connectivity index (χ0) is 19.2. The van der Waals surface area contributed by atoms with Crippen LogP contribution in [0.5, 0.6) is 5.75 Å². The smallest absolute Gasteiger partial charge is 0.243 e. The molecule has 5 nitrogen and oxygen atoms in total. The summed E-state index contributed by atoms with van der Waals surface area (Å²) in [6.45, 7) is 3.32. The van der Waals surface area contributed by atoms with Gasteiger partial charge in [-0.3, -0.25) is 4.79 Å². The Hall–Kier alpha value is -1.76. The van der Waals surface area contributed by atoms with E-state index < -0.39 is 0 Å². The second kappa shape index (κ2) is 9.44. The highest BCUT2D eigenvalue weighted by Gasteiger charge is 2.17. The average molecular weight is 454 g/mol. The van der Waals surface area contributed by atoms with Crippen molar-refractivity contribution in [2.24, 2.45) is 0 Å². The van der Waals surface area contributed by atoms with Gasteiger partial charge in [-0.2, -0.15) is 0 Å². The number of anilines is 2. The molecule has 1 aliphatic rings. The molecule has 3 rings (SSSR count). The summed E-state index contributed by atoms with van der Waals surface area (Å²) >= 11 is 9.52. The zero-order valence-electron chi connectivity index (χ0n) is 15.1. The summed E-state index contributed by atoms with van der Waals surface area (Å²) in [5.74, 6) is 0.507. The molecule has 0 aromatic heterocycles. The zero-order valence-corrected chi connectivity index (χ0v) is 17.4. The molecule has 1 amide bonds. The Kier molecular flexibility index (Phi) is 6.99. The Balaban J connectivity index is 1.58. The highest BCUT2D eigenvalue weighted by atomic mass is 79.9. The Morgan fingerprint density at radius 1 is 1.30 bits per heavy atom. The van der Waals surface area contributed by atoms with Gasteiger partial charge in [0.2, 0.25) is 5.91 Å². The van der Waals surface area contributed by atoms with E-state index in [-0.39, 0.29) is 18.6 Å². The summed E-state index contributed by atoms with van der Waals surface area (Å²) < 4.78 is 12.4. The van der Waals surface area contributed by atoms with Gasteiger partial charge in [-0.1, -0.05) is 27.5 Å². The minimum atomic E-state index is -0.148. The molecule has 2 aromatic rings. The molecule has 1 heterocycles. The fourth-order valence-corrected chi connectivity index (χ4v) is 3.51. The van der Waals surface area contributed by atoms with Gasteiger partial charge in [0.15, 0.2) is 0 Å². The molecule has 1 unspecified atom stereocenters. The van der Waals surface area contributed by atoms with Crippen LogP contribution in [-0.4, -0.2) is 31.8 Å². The van der Waals surface area contributed by atoms with Crippen LogP contribution in [0.2, 0.25) is 5.02 Å². The molecule has 1 fully saturated rings. The lowest BCUT2D eigenvalue weighted by Gasteiger charge is -2.16. The number of aryl methyl sites for hydroxylation is 1. The van der Waals surface area contributed by atoms with Crippen LogP contribution in [0.1, 0.15) is 18.4 Å². The summed E-state index contributed by atoms with van der Waals surface area (Å²) in [6, 6.07) is 11.0. The van der Waals surface area contributed by atoms with Crippen LogP contribution < -0.4 is 15.4 Å². The van der Waals surface area contributed by atoms with Crippen LogP contribution in [0.15, 0.2) is 40.9 Å². The van der Waals surface area contributed by atoms with Gasteiger partial charge in [0.1, 0.15) is 12.4 Å². The number of ether oxygens (including phenoxy) is 2. The second-order valence-electron chi connectivity index (χ2n) is 6.45. The Labute approximate surface area is 172 Å². The second-order valence-corrected chi connectivity index (χ2v) is 7.80. The minimum Gasteiger partial charge on any atom is -0.489 e. The van der Waals surface area contributed by atoms with Crippen LogP contribution in [0.4, 0.5) is 11.4 Å². The van der Waals surface area contributed by atoms with E-state index in [0.717, 1.165) is 35.2 Å². The molecule has 1 aliphatic heterocycles. The number of hydrogen-bond acceptors (Lipinski definition) is 4. The molecule has 0 aliphatic carbocycles. The number of carbonyl (C=O) groups is 1. The predicted octanol–water partition coefficient (Wildman–Crippen LogP) is 5.02. The van der Waals surface area contributed by atoms with Crippen molar-refractivity contribution in [3.05, 3.63) is 51.5 Å². The van der Waals surface area contributed by atoms with Crippen molar-refractivity contribution in [2.45, 2.75) is 25.9 Å². The standard InChI is InChI=1S/C20H22BrClN2O3/c1-13-9-14(21)4-6-17(13)24-20(25)11-23-18-10-15(22)5-7-19(18)27-12-16-3-2-8-26-16/h4-7,9-10,16,23H,2-3,8,11-12H2,1H3,(H,24,25). The number of rotatable bonds is 7. The van der Waals surface area contributed by atoms with E-state index >= 15 is 0 Å². The first-order valence-electron chi connectivity index (χ1n) is 8.85. The molecule has 0 saturated carbocycles. The highest BCUT2D eigenvalue weighted by molar-refractivity contribution is 9.10. The first kappa shape index (κ1) is 20.0. The van der Waals surface area contributed by atoms with E-state index in [9.17, 15) is 4.79 Å². The van der Waals surface area contributed by atoms with Gasteiger partial charge >= 0.3 is 0 Å². The number of benzene rings is 2. The third kappa shape index (κ3) is 5.86. The maximum absolute atomic E-state index is 12.3. The lowest BCUT2D eigenvalue weighted by molar-refractivity contribution is -0.114. The molecular weight excluding hydrogens is 432 g/mol. The molecule has 2 aromatic carbocycles. The average Bonchev–Trinajstić information content (AvgIpc) is 3.15. The van der Waals surface area contributed by atoms with E-state index in [2.05, 4.69) is 26.6 Å². The normalized spacial score (nSPS) is 16.2. The van der Waals surface area contributed by atoms with Crippen molar-refractivity contribution in [2.75, 3.05) is 30.4 Å². The van der Waals surface area contributed by atoms with Gasteiger partial charge in [-0.05, 0) is 61.7 Å². The third-order valence-electron chi connectivity index (χ3n) is 4.29. The largest absolute Gasteiger partial charge is 0.489 e. The monoisotopic (exact) mass is 452 g/mol. The molecule has 1 saturated heterocycles. The first-order chi connectivity index (χ1) is 13.0. The fraction of sp³-hybridized carbons (Fsp3) is 0.350. The quantitative estimate of drug-likeness (QED) is 0.618. The van der Waals surface area contributed by atoms with Gasteiger partial charge in [-0.25, -0.2) is 0 Å². The van der Waals surface area contributed by atoms with E-state index in [4.69, 9.17) is 21.1 Å². The number of hydrogen-bond donors (Lipinski definition) is 2. The molecule has 144 valence electrons. The number of nitrogens with one attached hydrogen (secondary N) is 2. The van der Waals surface area contributed by atoms with Crippen LogP contribution in [0, 0.1) is 6.92 Å². The Bertz CT molecular complexity index is 810. The maximum atomic E-state index is 12.3. The summed E-state index contributed by atoms with van der Waals surface area (Å²) in [6.07, 6.45) is 2.19. The van der Waals surface area contributed by atoms with Gasteiger partial charge < -0.3 is 20.1 Å². The van der Waals surface area contributed by atoms with Crippen LogP contribution in [-0.2, 0) is 9.53 Å². The topological polar surface area (TPSA) is 59.6 Å². The Morgan fingerprint density at radius 3 is 2.89 bits per heavy atom. The van der Waals surface area contributed by atoms with E-state index in [1.165, 1.54) is 0 Å². The maximum Gasteiger partial charge on any atom is 0.243 e. The van der Waals surface area contributed by atoms with E-state index in [1.54, 1.807) is 18.2 Å². The fourth-order valence-electron chi connectivity index (χ4n) is 2.86. The van der Waals surface area contributed by atoms with Crippen LogP contribution in [0.3, 0.4) is 0 Å². The molecule has 0 radical (unpaired) electrons. The van der Waals surface area contributed by atoms with Gasteiger partial charge in [-0.15, -0.1) is 0 Å². The predicted molar refractivity (Wildman–Crippen MR) is 112 cm³/mol. The van der Waals surface area contributed by atoms with Gasteiger partial charge in [0.05, 0.1) is 18.3 Å². The SMILES string of the molecule is Cc1cc(Br)ccc1NC(=O)CNc1cc(Cl)ccc1OCC1CCCO1. The van der Waals surface area contributed by atoms with Crippen molar-refractivity contribution in [1.82, 2.24) is 0 Å². The van der Waals surface area contributed by atoms with Crippen molar-refractivity contribution in [3.63, 3.8) is 0 Å². The summed E-state index contributed by atoms with van der Waals surface area (Å²) in [7, 11) is 0. The van der Waals surface area contributed by atoms with Crippen molar-refractivity contribution in [1.29, 1.82) is 0 Å². The van der Waals surface area contributed by atoms with Crippen molar-refractivity contribution < 1.29 is 14.3 Å². The molecule has 7 heteroatoms. The summed E-state index contributed by atoms with van der Waals surface area (Å²) in [4.78, 5) is 12.3. The van der Waals surface area contributed by atoms with Gasteiger partial charge in [0.25, 0.3) is 0 Å². The van der Waals surface area contributed by atoms with Crippen LogP contribution >= 0.6 is 27.5 Å². The molecule has 1 atom stereocenters. The minimum absolute atomic E-state index is 0.103. The summed E-state index contributed by atoms with van der Waals surface area (Å²) in [5.41, 5.74) is 2.45. The molecule has 27 heavy (non-hydrogen) atoms. The number of halogens is 2. The lowest BCUT2D eigenvalue weighted by atomic mass is 10.2. The van der Waals surface area contributed by atoms with E-state index in [1.807, 2.05) is 25.1 Å². The first-order valence-corrected chi connectivity index (χ1v) is 10.0. The molecule has 0 bridgehead atoms. The lowest BCUT2D eigenvalue weighted by Crippen LogP contribution is -2.23. The van der Waals surface area contributed by atoms with Crippen LogP contribution in [0.25, 0.3) is 0 Å². The molecule has 2 N–H and O–H groups in total. The van der Waals surface area contributed by atoms with E-state index in [0.29, 0.717) is 23.1 Å². The molecular formula is C20H22BrClN2O3.